The second-order valence-corrected chi connectivity index (χ2v) is 4.91. The Labute approximate surface area is 118 Å². The summed E-state index contributed by atoms with van der Waals surface area (Å²) in [6, 6.07) is 4.83. The van der Waals surface area contributed by atoms with Crippen LogP contribution < -0.4 is 20.1 Å². The van der Waals surface area contributed by atoms with Gasteiger partial charge in [-0.3, -0.25) is 0 Å². The number of carbonyl (C=O) groups excluding carboxylic acids is 1. The first-order chi connectivity index (χ1) is 9.60. The smallest absolute Gasteiger partial charge is 0.319 e. The fourth-order valence-corrected chi connectivity index (χ4v) is 1.80. The summed E-state index contributed by atoms with van der Waals surface area (Å²) < 4.78 is 10.9. The monoisotopic (exact) mass is 280 g/mol. The maximum atomic E-state index is 11.8. The van der Waals surface area contributed by atoms with E-state index >= 15 is 0 Å². The van der Waals surface area contributed by atoms with Crippen molar-refractivity contribution >= 4 is 11.7 Å². The van der Waals surface area contributed by atoms with Gasteiger partial charge in [0.05, 0.1) is 0 Å². The SMILES string of the molecule is C[C@H](NC(=O)Nc1ccc2c(c1)OCCO2)[C@@H](C)CO. The molecule has 0 spiro atoms. The molecule has 0 aliphatic carbocycles. The number of fused-ring (bicyclic) bond motifs is 1. The zero-order valence-corrected chi connectivity index (χ0v) is 11.7. The highest BCUT2D eigenvalue weighted by molar-refractivity contribution is 5.89. The van der Waals surface area contributed by atoms with Crippen molar-refractivity contribution in [2.45, 2.75) is 19.9 Å². The van der Waals surface area contributed by atoms with Crippen molar-refractivity contribution in [1.29, 1.82) is 0 Å². The van der Waals surface area contributed by atoms with Crippen molar-refractivity contribution in [3.05, 3.63) is 18.2 Å². The fraction of sp³-hybridized carbons (Fsp3) is 0.500. The van der Waals surface area contributed by atoms with Crippen molar-refractivity contribution in [2.75, 3.05) is 25.1 Å². The Bertz CT molecular complexity index is 478. The molecule has 1 aliphatic heterocycles. The summed E-state index contributed by atoms with van der Waals surface area (Å²) in [5.41, 5.74) is 0.635. The second-order valence-electron chi connectivity index (χ2n) is 4.91. The Morgan fingerprint density at radius 2 is 2.00 bits per heavy atom. The average molecular weight is 280 g/mol. The van der Waals surface area contributed by atoms with Crippen LogP contribution >= 0.6 is 0 Å². The lowest BCUT2D eigenvalue weighted by Crippen LogP contribution is -2.40. The van der Waals surface area contributed by atoms with E-state index in [1.165, 1.54) is 0 Å². The molecule has 0 radical (unpaired) electrons. The van der Waals surface area contributed by atoms with Gasteiger partial charge >= 0.3 is 6.03 Å². The van der Waals surface area contributed by atoms with Gasteiger partial charge in [-0.05, 0) is 25.0 Å². The maximum Gasteiger partial charge on any atom is 0.319 e. The summed E-state index contributed by atoms with van der Waals surface area (Å²) in [5, 5.41) is 14.5. The molecule has 0 aromatic heterocycles. The Balaban J connectivity index is 1.94. The third kappa shape index (κ3) is 3.54. The van der Waals surface area contributed by atoms with Crippen molar-refractivity contribution in [1.82, 2.24) is 5.32 Å². The molecule has 0 bridgehead atoms. The fourth-order valence-electron chi connectivity index (χ4n) is 1.80. The highest BCUT2D eigenvalue weighted by atomic mass is 16.6. The zero-order valence-electron chi connectivity index (χ0n) is 11.7. The van der Waals surface area contributed by atoms with E-state index in [1.807, 2.05) is 13.8 Å². The van der Waals surface area contributed by atoms with Gasteiger partial charge in [0, 0.05) is 24.4 Å². The molecular formula is C14H20N2O4. The number of aliphatic hydroxyl groups excluding tert-OH is 1. The van der Waals surface area contributed by atoms with E-state index < -0.39 is 0 Å². The number of urea groups is 1. The number of nitrogens with one attached hydrogen (secondary N) is 2. The standard InChI is InChI=1S/C14H20N2O4/c1-9(8-17)10(2)15-14(18)16-11-3-4-12-13(7-11)20-6-5-19-12/h3-4,7,9-10,17H,5-6,8H2,1-2H3,(H2,15,16,18)/t9-,10-/m0/s1. The van der Waals surface area contributed by atoms with Crippen molar-refractivity contribution in [3.8, 4) is 11.5 Å². The molecule has 2 amide bonds. The molecule has 0 saturated heterocycles. The van der Waals surface area contributed by atoms with Gasteiger partial charge in [-0.1, -0.05) is 6.92 Å². The first kappa shape index (κ1) is 14.5. The van der Waals surface area contributed by atoms with Gasteiger partial charge in [-0.25, -0.2) is 4.79 Å². The molecular weight excluding hydrogens is 260 g/mol. The third-order valence-corrected chi connectivity index (χ3v) is 3.30. The predicted octanol–water partition coefficient (Wildman–Crippen LogP) is 1.60. The lowest BCUT2D eigenvalue weighted by molar-refractivity contribution is 0.171. The van der Waals surface area contributed by atoms with E-state index in [1.54, 1.807) is 18.2 Å². The number of hydrogen-bond acceptors (Lipinski definition) is 4. The molecule has 1 heterocycles. The number of benzene rings is 1. The highest BCUT2D eigenvalue weighted by Gasteiger charge is 2.15. The molecule has 1 aliphatic rings. The lowest BCUT2D eigenvalue weighted by Gasteiger charge is -2.21. The third-order valence-electron chi connectivity index (χ3n) is 3.30. The Morgan fingerprint density at radius 3 is 2.70 bits per heavy atom. The lowest BCUT2D eigenvalue weighted by atomic mass is 10.1. The number of carbonyl (C=O) groups is 1. The van der Waals surface area contributed by atoms with Crippen LogP contribution in [0.3, 0.4) is 0 Å². The first-order valence-electron chi connectivity index (χ1n) is 6.68. The molecule has 1 aromatic carbocycles. The molecule has 3 N–H and O–H groups in total. The van der Waals surface area contributed by atoms with Crippen LogP contribution in [0.1, 0.15) is 13.8 Å². The largest absolute Gasteiger partial charge is 0.486 e. The predicted molar refractivity (Wildman–Crippen MR) is 75.3 cm³/mol. The number of anilines is 1. The van der Waals surface area contributed by atoms with Crippen LogP contribution in [0.5, 0.6) is 11.5 Å². The van der Waals surface area contributed by atoms with E-state index in [4.69, 9.17) is 14.6 Å². The molecule has 1 aromatic rings. The zero-order chi connectivity index (χ0) is 14.5. The Morgan fingerprint density at radius 1 is 1.30 bits per heavy atom. The summed E-state index contributed by atoms with van der Waals surface area (Å²) in [6.45, 7) is 4.80. The average Bonchev–Trinajstić information content (AvgIpc) is 2.46. The van der Waals surface area contributed by atoms with Gasteiger partial charge in [0.1, 0.15) is 13.2 Å². The molecule has 0 unspecified atom stereocenters. The Kier molecular flexibility index (Phi) is 4.68. The van der Waals surface area contributed by atoms with Crippen LogP contribution in [-0.2, 0) is 0 Å². The highest BCUT2D eigenvalue weighted by Crippen LogP contribution is 2.32. The van der Waals surface area contributed by atoms with Gasteiger partial charge in [-0.15, -0.1) is 0 Å². The van der Waals surface area contributed by atoms with Crippen molar-refractivity contribution in [3.63, 3.8) is 0 Å². The van der Waals surface area contributed by atoms with Gasteiger partial charge < -0.3 is 25.2 Å². The number of ether oxygens (including phenoxy) is 2. The van der Waals surface area contributed by atoms with E-state index in [2.05, 4.69) is 10.6 Å². The molecule has 110 valence electrons. The number of rotatable bonds is 4. The molecule has 6 heteroatoms. The van der Waals surface area contributed by atoms with Crippen LogP contribution in [0, 0.1) is 5.92 Å². The minimum absolute atomic E-state index is 0.000941. The Hall–Kier alpha value is -1.95. The van der Waals surface area contributed by atoms with Crippen molar-refractivity contribution < 1.29 is 19.4 Å². The summed E-state index contributed by atoms with van der Waals surface area (Å²) in [6.07, 6.45) is 0. The maximum absolute atomic E-state index is 11.8. The van der Waals surface area contributed by atoms with Gasteiger partial charge in [-0.2, -0.15) is 0 Å². The van der Waals surface area contributed by atoms with Gasteiger partial charge in [0.15, 0.2) is 11.5 Å². The topological polar surface area (TPSA) is 79.8 Å². The van der Waals surface area contributed by atoms with Crippen LogP contribution in [0.25, 0.3) is 0 Å². The summed E-state index contributed by atoms with van der Waals surface area (Å²) >= 11 is 0. The number of amides is 2. The minimum Gasteiger partial charge on any atom is -0.486 e. The summed E-state index contributed by atoms with van der Waals surface area (Å²) in [7, 11) is 0. The molecule has 0 saturated carbocycles. The van der Waals surface area contributed by atoms with Crippen molar-refractivity contribution in [2.24, 2.45) is 5.92 Å². The minimum atomic E-state index is -0.311. The van der Waals surface area contributed by atoms with E-state index in [-0.39, 0.29) is 24.6 Å². The van der Waals surface area contributed by atoms with Gasteiger partial charge in [0.25, 0.3) is 0 Å². The van der Waals surface area contributed by atoms with E-state index in [0.717, 1.165) is 0 Å². The summed E-state index contributed by atoms with van der Waals surface area (Å²) in [5.74, 6) is 1.32. The number of hydrogen-bond donors (Lipinski definition) is 3. The molecule has 2 rings (SSSR count). The summed E-state index contributed by atoms with van der Waals surface area (Å²) in [4.78, 5) is 11.8. The van der Waals surface area contributed by atoms with Crippen LogP contribution in [0.2, 0.25) is 0 Å². The first-order valence-corrected chi connectivity index (χ1v) is 6.68. The van der Waals surface area contributed by atoms with Crippen LogP contribution in [0.4, 0.5) is 10.5 Å². The molecule has 0 fully saturated rings. The molecule has 6 nitrogen and oxygen atoms in total. The van der Waals surface area contributed by atoms with E-state index in [0.29, 0.717) is 30.4 Å². The normalized spacial score (nSPS) is 16.1. The van der Waals surface area contributed by atoms with Crippen LogP contribution in [-0.4, -0.2) is 37.0 Å². The number of aliphatic hydroxyl groups is 1. The van der Waals surface area contributed by atoms with E-state index in [9.17, 15) is 4.79 Å². The molecule has 20 heavy (non-hydrogen) atoms. The van der Waals surface area contributed by atoms with Crippen LogP contribution in [0.15, 0.2) is 18.2 Å². The quantitative estimate of drug-likeness (QED) is 0.782. The molecule has 2 atom stereocenters. The van der Waals surface area contributed by atoms with Gasteiger partial charge in [0.2, 0.25) is 0 Å². The second kappa shape index (κ2) is 6.47.